The molecule has 6 rings (SSSR count). The smallest absolute Gasteiger partial charge is 0.408 e. The predicted molar refractivity (Wildman–Crippen MR) is 193 cm³/mol. The molecule has 0 radical (unpaired) electrons. The van der Waals surface area contributed by atoms with Crippen molar-refractivity contribution in [2.75, 3.05) is 13.7 Å². The van der Waals surface area contributed by atoms with Gasteiger partial charge in [-0.2, -0.15) is 5.21 Å². The second kappa shape index (κ2) is 13.9. The van der Waals surface area contributed by atoms with Crippen LogP contribution in [0.25, 0.3) is 22.2 Å². The van der Waals surface area contributed by atoms with Crippen LogP contribution in [-0.2, 0) is 19.9 Å². The maximum Gasteiger partial charge on any atom is 0.408 e. The minimum atomic E-state index is -1.02. The van der Waals surface area contributed by atoms with Crippen molar-refractivity contribution < 1.29 is 28.6 Å². The topological polar surface area (TPSA) is 174 Å². The van der Waals surface area contributed by atoms with E-state index in [0.717, 1.165) is 10.9 Å². The lowest BCUT2D eigenvalue weighted by Crippen LogP contribution is -2.58. The largest absolute Gasteiger partial charge is 0.497 e. The average molecular weight is 711 g/mol. The van der Waals surface area contributed by atoms with E-state index in [9.17, 15) is 14.4 Å². The Balaban J connectivity index is 1.35. The van der Waals surface area contributed by atoms with Gasteiger partial charge in [-0.05, 0) is 44.7 Å². The summed E-state index contributed by atoms with van der Waals surface area (Å²) in [6.45, 7) is 14.8. The van der Waals surface area contributed by atoms with Crippen LogP contribution in [0.5, 0.6) is 11.5 Å². The number of carbonyl (C=O) groups is 3. The molecule has 0 spiro atoms. The molecule has 0 bridgehead atoms. The molecule has 1 saturated heterocycles. The fourth-order valence-electron chi connectivity index (χ4n) is 6.64. The number of pyridine rings is 1. The highest BCUT2D eigenvalue weighted by atomic mass is 16.6. The third-order valence-electron chi connectivity index (χ3n) is 9.35. The number of fused-ring (bicyclic) bond motifs is 1. The van der Waals surface area contributed by atoms with Crippen LogP contribution in [0.15, 0.2) is 67.3 Å². The quantitative estimate of drug-likeness (QED) is 0.192. The van der Waals surface area contributed by atoms with Crippen molar-refractivity contribution in [3.8, 4) is 22.8 Å². The first kappa shape index (κ1) is 36.3. The molecule has 14 nitrogen and oxygen atoms in total. The fraction of sp³-hybridized carbons (Fsp3) is 0.447. The van der Waals surface area contributed by atoms with Gasteiger partial charge in [0.1, 0.15) is 40.8 Å². The van der Waals surface area contributed by atoms with E-state index in [2.05, 4.69) is 37.8 Å². The van der Waals surface area contributed by atoms with E-state index in [1.165, 1.54) is 4.90 Å². The molecule has 1 aliphatic heterocycles. The van der Waals surface area contributed by atoms with Gasteiger partial charge in [-0.15, -0.1) is 16.8 Å². The summed E-state index contributed by atoms with van der Waals surface area (Å²) in [5.41, 5.74) is -0.186. The van der Waals surface area contributed by atoms with E-state index < -0.39 is 52.7 Å². The monoisotopic (exact) mass is 710 g/mol. The number of aromatic nitrogens is 5. The van der Waals surface area contributed by atoms with Gasteiger partial charge in [0, 0.05) is 35.4 Å². The van der Waals surface area contributed by atoms with E-state index in [0.29, 0.717) is 35.0 Å². The van der Waals surface area contributed by atoms with Crippen LogP contribution < -0.4 is 20.1 Å². The molecule has 3 heterocycles. The van der Waals surface area contributed by atoms with Crippen molar-refractivity contribution in [3.63, 3.8) is 0 Å². The summed E-state index contributed by atoms with van der Waals surface area (Å²) < 4.78 is 17.7. The van der Waals surface area contributed by atoms with Gasteiger partial charge in [0.15, 0.2) is 0 Å². The lowest BCUT2D eigenvalue weighted by atomic mass is 9.85. The normalized spacial score (nSPS) is 22.0. The van der Waals surface area contributed by atoms with Crippen LogP contribution >= 0.6 is 0 Å². The zero-order valence-corrected chi connectivity index (χ0v) is 30.6. The highest BCUT2D eigenvalue weighted by Crippen LogP contribution is 2.51. The van der Waals surface area contributed by atoms with Crippen LogP contribution in [0.3, 0.4) is 0 Å². The summed E-state index contributed by atoms with van der Waals surface area (Å²) in [7, 11) is 1.60. The number of aromatic amines is 1. The third-order valence-corrected chi connectivity index (χ3v) is 9.35. The van der Waals surface area contributed by atoms with Crippen LogP contribution in [-0.4, -0.2) is 85.9 Å². The van der Waals surface area contributed by atoms with Crippen LogP contribution in [0.1, 0.15) is 60.2 Å². The molecule has 2 fully saturated rings. The van der Waals surface area contributed by atoms with Crippen molar-refractivity contribution >= 4 is 28.8 Å². The zero-order chi connectivity index (χ0) is 37.4. The first-order valence-electron chi connectivity index (χ1n) is 17.3. The number of ether oxygens (including phenoxy) is 3. The number of H-pyrrole nitrogens is 1. The first-order chi connectivity index (χ1) is 24.6. The summed E-state index contributed by atoms with van der Waals surface area (Å²) in [5.74, 6) is 0.544. The molecular weight excluding hydrogens is 664 g/mol. The molecule has 0 unspecified atom stereocenters. The molecule has 2 aromatic carbocycles. The Morgan fingerprint density at radius 3 is 2.44 bits per heavy atom. The molecule has 3 N–H and O–H groups in total. The van der Waals surface area contributed by atoms with Gasteiger partial charge in [-0.1, -0.05) is 62.4 Å². The number of methoxy groups -OCH3 is 1. The van der Waals surface area contributed by atoms with E-state index in [-0.39, 0.29) is 18.9 Å². The average Bonchev–Trinajstić information content (AvgIpc) is 3.40. The third kappa shape index (κ3) is 7.55. The minimum Gasteiger partial charge on any atom is -0.497 e. The van der Waals surface area contributed by atoms with Gasteiger partial charge < -0.3 is 29.7 Å². The van der Waals surface area contributed by atoms with E-state index in [4.69, 9.17) is 19.2 Å². The second-order valence-electron chi connectivity index (χ2n) is 15.4. The van der Waals surface area contributed by atoms with Gasteiger partial charge in [0.2, 0.25) is 17.6 Å². The Morgan fingerprint density at radius 1 is 1.08 bits per heavy atom. The molecule has 2 aromatic heterocycles. The van der Waals surface area contributed by atoms with Crippen molar-refractivity contribution in [1.29, 1.82) is 0 Å². The molecule has 3 amide bonds. The number of benzene rings is 2. The highest BCUT2D eigenvalue weighted by Gasteiger charge is 2.59. The number of carbonyl (C=O) groups excluding carboxylic acids is 3. The Kier molecular flexibility index (Phi) is 9.69. The summed E-state index contributed by atoms with van der Waals surface area (Å²) in [4.78, 5) is 48.4. The first-order valence-corrected chi connectivity index (χ1v) is 17.3. The van der Waals surface area contributed by atoms with Gasteiger partial charge in [-0.3, -0.25) is 9.59 Å². The minimum absolute atomic E-state index is 0.0697. The highest BCUT2D eigenvalue weighted by molar-refractivity contribution is 5.93. The molecule has 14 heteroatoms. The number of hydrogen-bond acceptors (Lipinski definition) is 10. The standard InChI is InChI=1S/C38H46N8O6/c1-9-23-20-38(23,34-42-44-45-43-34)41-32(47)29-18-25(21-46(29)33(48)31(36(2,3)4)40-35(49)52-37(5,6)7)51-30-19-27(22-13-11-10-12-14-22)39-28-17-24(50-8)15-16-26(28)30/h9-17,19,23,25,29,31H,1,18,20-21H2,2-8H3,(H,40,49)(H,41,47)(H,42,43,44,45)/t23-,25-,29+,31-,38-/m1/s1. The predicted octanol–water partition coefficient (Wildman–Crippen LogP) is 4.93. The number of amides is 3. The summed E-state index contributed by atoms with van der Waals surface area (Å²) in [6.07, 6.45) is 1.11. The summed E-state index contributed by atoms with van der Waals surface area (Å²) >= 11 is 0. The van der Waals surface area contributed by atoms with Crippen LogP contribution in [0, 0.1) is 11.3 Å². The fourth-order valence-corrected chi connectivity index (χ4v) is 6.64. The number of tetrazole rings is 1. The SMILES string of the molecule is C=C[C@@H]1C[C@]1(NC(=O)[C@@H]1C[C@@H](Oc2cc(-c3ccccc3)nc3cc(OC)ccc23)CN1C(=O)[C@@H](NC(=O)OC(C)(C)C)C(C)(C)C)c1nn[nH]n1. The number of likely N-dealkylation sites (tertiary alicyclic amines) is 1. The zero-order valence-electron chi connectivity index (χ0n) is 30.6. The number of rotatable bonds is 10. The van der Waals surface area contributed by atoms with Crippen molar-refractivity contribution in [1.82, 2.24) is 41.1 Å². The molecule has 1 aliphatic carbocycles. The van der Waals surface area contributed by atoms with Crippen molar-refractivity contribution in [2.24, 2.45) is 11.3 Å². The Hall–Kier alpha value is -5.53. The Bertz CT molecular complexity index is 1960. The molecule has 5 atom stereocenters. The maximum atomic E-state index is 14.6. The Morgan fingerprint density at radius 2 is 1.83 bits per heavy atom. The van der Waals surface area contributed by atoms with Crippen molar-refractivity contribution in [2.45, 2.75) is 83.7 Å². The Labute approximate surface area is 302 Å². The van der Waals surface area contributed by atoms with Crippen LogP contribution in [0.4, 0.5) is 4.79 Å². The molecule has 2 aliphatic rings. The summed E-state index contributed by atoms with van der Waals surface area (Å²) in [5, 5.41) is 21.1. The van der Waals surface area contributed by atoms with Gasteiger partial charge in [0.05, 0.1) is 24.9 Å². The lowest BCUT2D eigenvalue weighted by molar-refractivity contribution is -0.142. The van der Waals surface area contributed by atoms with Gasteiger partial charge >= 0.3 is 6.09 Å². The summed E-state index contributed by atoms with van der Waals surface area (Å²) in [6, 6.07) is 15.2. The van der Waals surface area contributed by atoms with Crippen LogP contribution in [0.2, 0.25) is 0 Å². The van der Waals surface area contributed by atoms with E-state index in [1.54, 1.807) is 34.0 Å². The number of nitrogens with one attached hydrogen (secondary N) is 3. The van der Waals surface area contributed by atoms with Gasteiger partial charge in [-0.25, -0.2) is 9.78 Å². The van der Waals surface area contributed by atoms with Crippen molar-refractivity contribution in [3.05, 3.63) is 73.1 Å². The van der Waals surface area contributed by atoms with Gasteiger partial charge in [0.25, 0.3) is 0 Å². The number of alkyl carbamates (subject to hydrolysis) is 1. The lowest BCUT2D eigenvalue weighted by Gasteiger charge is -2.36. The number of nitrogens with zero attached hydrogens (tertiary/aromatic N) is 5. The molecule has 274 valence electrons. The molecule has 1 saturated carbocycles. The maximum absolute atomic E-state index is 14.6. The molecule has 52 heavy (non-hydrogen) atoms. The van der Waals surface area contributed by atoms with E-state index in [1.807, 2.05) is 75.4 Å². The second-order valence-corrected chi connectivity index (χ2v) is 15.4. The van der Waals surface area contributed by atoms with E-state index >= 15 is 0 Å². The molecular formula is C38H46N8O6. The molecule has 4 aromatic rings. The number of hydrogen-bond donors (Lipinski definition) is 3.